The Morgan fingerprint density at radius 3 is 1.55 bits per heavy atom. The van der Waals surface area contributed by atoms with Crippen LogP contribution in [0.15, 0.2) is 0 Å². The van der Waals surface area contributed by atoms with Crippen molar-refractivity contribution in [3.63, 3.8) is 0 Å². The maximum absolute atomic E-state index is 8.60. The second-order valence-corrected chi connectivity index (χ2v) is 2.12. The van der Waals surface area contributed by atoms with Gasteiger partial charge in [0.25, 0.3) is 0 Å². The van der Waals surface area contributed by atoms with Gasteiger partial charge in [0.15, 0.2) is 0 Å². The first-order chi connectivity index (χ1) is 4.50. The average Bonchev–Trinajstić information content (AvgIpc) is 2.07. The van der Waals surface area contributed by atoms with Crippen LogP contribution in [0.3, 0.4) is 0 Å². The van der Waals surface area contributed by atoms with Gasteiger partial charge in [-0.2, -0.15) is 14.0 Å². The van der Waals surface area contributed by atoms with Gasteiger partial charge in [-0.3, -0.25) is 0 Å². The van der Waals surface area contributed by atoms with Crippen molar-refractivity contribution in [1.82, 2.24) is 0 Å². The largest absolute Gasteiger partial charge is 1.00 e. The van der Waals surface area contributed by atoms with Crippen LogP contribution in [0, 0.1) is 10.2 Å². The fourth-order valence-electron chi connectivity index (χ4n) is 0.295. The number of ether oxygens (including phenoxy) is 2. The third-order valence-electron chi connectivity index (χ3n) is 0.539. The maximum atomic E-state index is 8.60. The molecule has 1 N–H and O–H groups in total. The van der Waals surface area contributed by atoms with Crippen molar-refractivity contribution < 1.29 is 58.6 Å². The van der Waals surface area contributed by atoms with Gasteiger partial charge < -0.3 is 10.9 Å². The molecule has 1 aliphatic rings. The van der Waals surface area contributed by atoms with Gasteiger partial charge >= 0.3 is 18.9 Å². The van der Waals surface area contributed by atoms with E-state index in [4.69, 9.17) is 28.1 Å². The predicted molar refractivity (Wildman–Crippen MR) is 20.1 cm³/mol. The van der Waals surface area contributed by atoms with Gasteiger partial charge in [0.2, 0.25) is 0 Å². The Hall–Kier alpha value is 0.647. The quantitative estimate of drug-likeness (QED) is 0.373. The van der Waals surface area contributed by atoms with Gasteiger partial charge in [-0.05, 0) is 0 Å². The Labute approximate surface area is 79.1 Å². The van der Waals surface area contributed by atoms with Crippen molar-refractivity contribution in [3.8, 4) is 0 Å². The van der Waals surface area contributed by atoms with Crippen molar-refractivity contribution in [2.75, 3.05) is 20.0 Å². The summed E-state index contributed by atoms with van der Waals surface area (Å²) in [6, 6.07) is 0. The summed E-state index contributed by atoms with van der Waals surface area (Å²) in [5.41, 5.74) is 0. The van der Waals surface area contributed by atoms with Crippen molar-refractivity contribution in [3.05, 3.63) is 0 Å². The first-order valence-corrected chi connectivity index (χ1v) is 3.55. The first kappa shape index (κ1) is 14.2. The summed E-state index contributed by atoms with van der Waals surface area (Å²) in [4.78, 5) is 0. The fraction of sp³-hybridized carbons (Fsp3) is 1.00. The number of halogens is 1. The molecule has 0 aromatic heterocycles. The molecular formula is C3H8ClLiO6. The molecule has 0 radical (unpaired) electrons. The summed E-state index contributed by atoms with van der Waals surface area (Å²) in [5.74, 6) is 0. The molecule has 0 aromatic rings. The molecule has 1 aliphatic heterocycles. The molecular weight excluding hydrogens is 174 g/mol. The van der Waals surface area contributed by atoms with E-state index in [-0.39, 0.29) is 20.3 Å². The zero-order valence-electron chi connectivity index (χ0n) is 6.99. The molecule has 0 aromatic carbocycles. The van der Waals surface area contributed by atoms with Gasteiger partial charge in [0, 0.05) is 0 Å². The summed E-state index contributed by atoms with van der Waals surface area (Å²) in [6.07, 6.45) is 0. The van der Waals surface area contributed by atoms with E-state index in [1.807, 2.05) is 0 Å². The third kappa shape index (κ3) is 25.0. The Morgan fingerprint density at radius 1 is 1.18 bits per heavy atom. The van der Waals surface area contributed by atoms with E-state index in [2.05, 4.69) is 0 Å². The molecule has 0 atom stereocenters. The molecule has 1 heterocycles. The molecule has 6 nitrogen and oxygen atoms in total. The van der Waals surface area contributed by atoms with E-state index < -0.39 is 10.2 Å². The molecule has 8 heteroatoms. The molecule has 1 fully saturated rings. The first-order valence-electron chi connectivity index (χ1n) is 2.29. The molecule has 0 amide bonds. The predicted octanol–water partition coefficient (Wildman–Crippen LogP) is -7.02. The van der Waals surface area contributed by atoms with Gasteiger partial charge in [0.1, 0.15) is 6.79 Å². The van der Waals surface area contributed by atoms with Crippen LogP contribution in [0.25, 0.3) is 0 Å². The van der Waals surface area contributed by atoms with Gasteiger partial charge in [-0.15, -0.1) is 0 Å². The monoisotopic (exact) mass is 182 g/mol. The van der Waals surface area contributed by atoms with Gasteiger partial charge in [-0.1, -0.05) is 0 Å². The second-order valence-electron chi connectivity index (χ2n) is 1.33. The van der Waals surface area contributed by atoms with Crippen LogP contribution in [0.1, 0.15) is 1.43 Å². The summed E-state index contributed by atoms with van der Waals surface area (Å²) >= 11 is 0. The molecule has 64 valence electrons. The van der Waals surface area contributed by atoms with Crippen molar-refractivity contribution in [1.29, 1.82) is 0 Å². The number of hydrogen-bond donors (Lipinski definition) is 1. The van der Waals surface area contributed by atoms with Crippen molar-refractivity contribution in [2.45, 2.75) is 0 Å². The molecule has 1 saturated heterocycles. The van der Waals surface area contributed by atoms with Crippen LogP contribution >= 0.6 is 0 Å². The SMILES string of the molecule is C1COCO1.[H-].[Li+].[O-][Cl+3]([O-])([O-])O. The molecule has 1 rings (SSSR count). The Balaban J connectivity index is -0.000000116. The molecule has 11 heavy (non-hydrogen) atoms. The minimum absolute atomic E-state index is 0. The van der Waals surface area contributed by atoms with Crippen LogP contribution in [-0.4, -0.2) is 24.7 Å². The average molecular weight is 182 g/mol. The zero-order chi connectivity index (χ0) is 8.04. The van der Waals surface area contributed by atoms with Crippen LogP contribution in [-0.2, 0) is 9.47 Å². The number of rotatable bonds is 0. The Kier molecular flexibility index (Phi) is 9.42. The number of hydrogen-bond acceptors (Lipinski definition) is 6. The smallest absolute Gasteiger partial charge is 1.00 e. The topological polar surface area (TPSA) is 108 Å². The summed E-state index contributed by atoms with van der Waals surface area (Å²) < 4.78 is 42.2. The van der Waals surface area contributed by atoms with E-state index in [0.717, 1.165) is 13.2 Å². The third-order valence-corrected chi connectivity index (χ3v) is 0.539. The standard InChI is InChI=1S/C3H6O2.ClHO4.Li.H/c1-2-5-3-4-1;2-1(3,4)5;;/h1-3H2;(H,2,3,4,5);;/q;;+1;-1. The fourth-order valence-corrected chi connectivity index (χ4v) is 0.295. The minimum atomic E-state index is -4.69. The molecule has 0 spiro atoms. The van der Waals surface area contributed by atoms with Crippen LogP contribution in [0.4, 0.5) is 0 Å². The van der Waals surface area contributed by atoms with Crippen molar-refractivity contribution >= 4 is 0 Å². The summed E-state index contributed by atoms with van der Waals surface area (Å²) in [6.45, 7) is 2.06. The summed E-state index contributed by atoms with van der Waals surface area (Å²) in [5, 5.41) is 0. The Morgan fingerprint density at radius 2 is 1.45 bits per heavy atom. The van der Waals surface area contributed by atoms with E-state index >= 15 is 0 Å². The van der Waals surface area contributed by atoms with E-state index in [1.165, 1.54) is 0 Å². The van der Waals surface area contributed by atoms with E-state index in [0.29, 0.717) is 6.79 Å². The van der Waals surface area contributed by atoms with E-state index in [1.54, 1.807) is 0 Å². The van der Waals surface area contributed by atoms with Crippen LogP contribution < -0.4 is 32.8 Å². The van der Waals surface area contributed by atoms with Gasteiger partial charge in [0.05, 0.1) is 28.1 Å². The molecule has 0 saturated carbocycles. The van der Waals surface area contributed by atoms with Gasteiger partial charge in [-0.25, -0.2) is 0 Å². The maximum Gasteiger partial charge on any atom is 1.00 e. The normalized spacial score (nSPS) is 16.4. The summed E-state index contributed by atoms with van der Waals surface area (Å²) in [7, 11) is -4.69. The molecule has 0 unspecified atom stereocenters. The minimum Gasteiger partial charge on any atom is -1.00 e. The van der Waals surface area contributed by atoms with Crippen LogP contribution in [0.5, 0.6) is 0 Å². The second kappa shape index (κ2) is 7.30. The molecule has 0 bridgehead atoms. The zero-order valence-corrected chi connectivity index (χ0v) is 6.74. The van der Waals surface area contributed by atoms with E-state index in [9.17, 15) is 0 Å². The van der Waals surface area contributed by atoms with Crippen LogP contribution in [0.2, 0.25) is 0 Å². The van der Waals surface area contributed by atoms with Crippen molar-refractivity contribution in [2.24, 2.45) is 0 Å². The molecule has 0 aliphatic carbocycles. The Bertz CT molecular complexity index is 71.7.